The molecule has 0 spiro atoms. The molecule has 1 saturated carbocycles. The second kappa shape index (κ2) is 6.59. The van der Waals surface area contributed by atoms with Crippen LogP contribution in [0.2, 0.25) is 0 Å². The maximum atomic E-state index is 9.84. The molecule has 5 heteroatoms. The van der Waals surface area contributed by atoms with Crippen LogP contribution in [0.1, 0.15) is 31.7 Å². The van der Waals surface area contributed by atoms with Crippen LogP contribution in [0.4, 0.5) is 0 Å². The molecule has 19 heavy (non-hydrogen) atoms. The molecule has 2 rings (SSSR count). The van der Waals surface area contributed by atoms with E-state index in [1.54, 1.807) is 12.1 Å². The zero-order chi connectivity index (χ0) is 13.8. The molecule has 1 aromatic carbocycles. The lowest BCUT2D eigenvalue weighted by Crippen LogP contribution is -2.26. The fourth-order valence-corrected chi connectivity index (χ4v) is 2.87. The summed E-state index contributed by atoms with van der Waals surface area (Å²) in [4.78, 5) is 0. The molecule has 0 heterocycles. The first-order valence-corrected chi connectivity index (χ1v) is 7.35. The van der Waals surface area contributed by atoms with E-state index < -0.39 is 6.10 Å². The van der Waals surface area contributed by atoms with Crippen molar-refractivity contribution in [1.29, 1.82) is 0 Å². The molecule has 2 atom stereocenters. The number of aliphatic hydroxyl groups is 2. The molecule has 0 bridgehead atoms. The molecule has 2 unspecified atom stereocenters. The average Bonchev–Trinajstić information content (AvgIpc) is 2.79. The zero-order valence-corrected chi connectivity index (χ0v) is 12.5. The summed E-state index contributed by atoms with van der Waals surface area (Å²) in [6, 6.07) is 3.57. The number of ether oxygens (including phenoxy) is 2. The Hall–Kier alpha value is -0.780. The van der Waals surface area contributed by atoms with Crippen LogP contribution < -0.4 is 9.47 Å². The molecule has 4 nitrogen and oxygen atoms in total. The van der Waals surface area contributed by atoms with Gasteiger partial charge in [-0.25, -0.2) is 0 Å². The maximum Gasteiger partial charge on any atom is 0.175 e. The Bertz CT molecular complexity index is 436. The molecule has 2 N–H and O–H groups in total. The molecule has 0 amide bonds. The summed E-state index contributed by atoms with van der Waals surface area (Å²) in [5.74, 6) is 1.20. The van der Waals surface area contributed by atoms with E-state index in [0.29, 0.717) is 18.1 Å². The monoisotopic (exact) mass is 330 g/mol. The van der Waals surface area contributed by atoms with Gasteiger partial charge < -0.3 is 19.7 Å². The van der Waals surface area contributed by atoms with Gasteiger partial charge in [-0.2, -0.15) is 0 Å². The van der Waals surface area contributed by atoms with Gasteiger partial charge in [-0.05, 0) is 59.8 Å². The van der Waals surface area contributed by atoms with Crippen LogP contribution in [0.15, 0.2) is 16.6 Å². The van der Waals surface area contributed by atoms with Gasteiger partial charge in [-0.3, -0.25) is 0 Å². The lowest BCUT2D eigenvalue weighted by Gasteiger charge is -2.21. The third-order valence-electron chi connectivity index (χ3n) is 3.24. The molecular formula is C14H19BrO4. The van der Waals surface area contributed by atoms with E-state index in [2.05, 4.69) is 15.9 Å². The topological polar surface area (TPSA) is 58.9 Å². The van der Waals surface area contributed by atoms with E-state index in [4.69, 9.17) is 9.47 Å². The second-order valence-electron chi connectivity index (χ2n) is 4.65. The zero-order valence-electron chi connectivity index (χ0n) is 10.9. The molecule has 0 aliphatic heterocycles. The Balaban J connectivity index is 2.26. The van der Waals surface area contributed by atoms with E-state index in [1.807, 2.05) is 6.92 Å². The van der Waals surface area contributed by atoms with E-state index in [9.17, 15) is 10.2 Å². The van der Waals surface area contributed by atoms with Gasteiger partial charge in [-0.1, -0.05) is 0 Å². The minimum absolute atomic E-state index is 0.0506. The summed E-state index contributed by atoms with van der Waals surface area (Å²) >= 11 is 3.44. The van der Waals surface area contributed by atoms with Gasteiger partial charge >= 0.3 is 0 Å². The summed E-state index contributed by atoms with van der Waals surface area (Å²) in [6.45, 7) is 2.36. The SMILES string of the molecule is CCOc1cc(CO)cc(Br)c1OC1CCCC1O. The first-order chi connectivity index (χ1) is 9.15. The standard InChI is InChI=1S/C14H19BrO4/c1-2-18-13-7-9(8-16)6-10(15)14(13)19-12-5-3-4-11(12)17/h6-7,11-12,16-17H,2-5,8H2,1H3. The summed E-state index contributed by atoms with van der Waals surface area (Å²) < 4.78 is 12.2. The Morgan fingerprint density at radius 2 is 2.16 bits per heavy atom. The largest absolute Gasteiger partial charge is 0.490 e. The van der Waals surface area contributed by atoms with E-state index in [-0.39, 0.29) is 12.7 Å². The molecular weight excluding hydrogens is 312 g/mol. The van der Waals surface area contributed by atoms with Crippen molar-refractivity contribution in [2.45, 2.75) is 45.0 Å². The Morgan fingerprint density at radius 1 is 1.37 bits per heavy atom. The molecule has 0 saturated heterocycles. The third-order valence-corrected chi connectivity index (χ3v) is 3.83. The van der Waals surface area contributed by atoms with Crippen LogP contribution in [-0.2, 0) is 6.61 Å². The van der Waals surface area contributed by atoms with Crippen LogP contribution in [-0.4, -0.2) is 29.0 Å². The minimum atomic E-state index is -0.418. The third kappa shape index (κ3) is 3.41. The molecule has 1 fully saturated rings. The summed E-state index contributed by atoms with van der Waals surface area (Å²) in [5.41, 5.74) is 0.759. The normalized spacial score (nSPS) is 22.5. The number of rotatable bonds is 5. The van der Waals surface area contributed by atoms with Crippen molar-refractivity contribution < 1.29 is 19.7 Å². The quantitative estimate of drug-likeness (QED) is 0.871. The number of aliphatic hydroxyl groups excluding tert-OH is 2. The Morgan fingerprint density at radius 3 is 2.74 bits per heavy atom. The summed E-state index contributed by atoms with van der Waals surface area (Å²) in [5, 5.41) is 19.1. The fraction of sp³-hybridized carbons (Fsp3) is 0.571. The molecule has 1 aliphatic rings. The van der Waals surface area contributed by atoms with Gasteiger partial charge in [0.05, 0.1) is 23.8 Å². The van der Waals surface area contributed by atoms with E-state index in [1.165, 1.54) is 0 Å². The average molecular weight is 331 g/mol. The highest BCUT2D eigenvalue weighted by Crippen LogP contribution is 2.39. The van der Waals surface area contributed by atoms with Crippen LogP contribution in [0.25, 0.3) is 0 Å². The van der Waals surface area contributed by atoms with Crippen LogP contribution in [0, 0.1) is 0 Å². The molecule has 1 aromatic rings. The van der Waals surface area contributed by atoms with Crippen molar-refractivity contribution in [1.82, 2.24) is 0 Å². The van der Waals surface area contributed by atoms with Gasteiger partial charge in [-0.15, -0.1) is 0 Å². The van der Waals surface area contributed by atoms with Crippen molar-refractivity contribution >= 4 is 15.9 Å². The molecule has 0 radical (unpaired) electrons. The molecule has 106 valence electrons. The summed E-state index contributed by atoms with van der Waals surface area (Å²) in [7, 11) is 0. The summed E-state index contributed by atoms with van der Waals surface area (Å²) in [6.07, 6.45) is 2.00. The lowest BCUT2D eigenvalue weighted by molar-refractivity contribution is 0.0576. The van der Waals surface area contributed by atoms with Gasteiger partial charge in [0, 0.05) is 0 Å². The predicted octanol–water partition coefficient (Wildman–Crippen LogP) is 2.63. The number of hydrogen-bond acceptors (Lipinski definition) is 4. The van der Waals surface area contributed by atoms with E-state index >= 15 is 0 Å². The first-order valence-electron chi connectivity index (χ1n) is 6.56. The number of hydrogen-bond donors (Lipinski definition) is 2. The highest BCUT2D eigenvalue weighted by Gasteiger charge is 2.28. The molecule has 0 aromatic heterocycles. The fourth-order valence-electron chi connectivity index (χ4n) is 2.29. The Kier molecular flexibility index (Phi) is 5.07. The second-order valence-corrected chi connectivity index (χ2v) is 5.50. The van der Waals surface area contributed by atoms with Gasteiger partial charge in [0.25, 0.3) is 0 Å². The number of halogens is 1. The van der Waals surface area contributed by atoms with Crippen molar-refractivity contribution in [3.8, 4) is 11.5 Å². The van der Waals surface area contributed by atoms with Crippen molar-refractivity contribution in [2.75, 3.05) is 6.61 Å². The highest BCUT2D eigenvalue weighted by molar-refractivity contribution is 9.10. The number of benzene rings is 1. The van der Waals surface area contributed by atoms with Gasteiger partial charge in [0.1, 0.15) is 6.10 Å². The van der Waals surface area contributed by atoms with Crippen molar-refractivity contribution in [2.24, 2.45) is 0 Å². The first kappa shape index (κ1) is 14.6. The smallest absolute Gasteiger partial charge is 0.175 e. The lowest BCUT2D eigenvalue weighted by atomic mass is 10.2. The minimum Gasteiger partial charge on any atom is -0.490 e. The highest BCUT2D eigenvalue weighted by atomic mass is 79.9. The van der Waals surface area contributed by atoms with Gasteiger partial charge in [0.2, 0.25) is 0 Å². The van der Waals surface area contributed by atoms with Crippen LogP contribution in [0.3, 0.4) is 0 Å². The maximum absolute atomic E-state index is 9.84. The van der Waals surface area contributed by atoms with Crippen LogP contribution >= 0.6 is 15.9 Å². The predicted molar refractivity (Wildman–Crippen MR) is 75.5 cm³/mol. The van der Waals surface area contributed by atoms with Crippen LogP contribution in [0.5, 0.6) is 11.5 Å². The molecule has 1 aliphatic carbocycles. The van der Waals surface area contributed by atoms with E-state index in [0.717, 1.165) is 29.3 Å². The Labute approximate surface area is 121 Å². The van der Waals surface area contributed by atoms with Crippen molar-refractivity contribution in [3.05, 3.63) is 22.2 Å². The van der Waals surface area contributed by atoms with Gasteiger partial charge in [0.15, 0.2) is 11.5 Å². The van der Waals surface area contributed by atoms with Crippen molar-refractivity contribution in [3.63, 3.8) is 0 Å².